The first kappa shape index (κ1) is 9.92. The van der Waals surface area contributed by atoms with Gasteiger partial charge < -0.3 is 4.74 Å². The highest BCUT2D eigenvalue weighted by Crippen LogP contribution is 2.11. The molecule has 0 aromatic rings. The summed E-state index contributed by atoms with van der Waals surface area (Å²) in [5.41, 5.74) is -0.0201. The lowest BCUT2D eigenvalue weighted by Crippen LogP contribution is -2.26. The zero-order valence-electron chi connectivity index (χ0n) is 5.79. The van der Waals surface area contributed by atoms with Gasteiger partial charge in [-0.25, -0.2) is 0 Å². The van der Waals surface area contributed by atoms with Crippen LogP contribution < -0.4 is 0 Å². The van der Waals surface area contributed by atoms with Gasteiger partial charge >= 0.3 is 0 Å². The normalized spacial score (nSPS) is 12.0. The number of halogens is 2. The van der Waals surface area contributed by atoms with Crippen molar-refractivity contribution >= 4 is 31.9 Å². The molecule has 0 bridgehead atoms. The average molecular weight is 260 g/mol. The molecule has 0 aliphatic heterocycles. The molecule has 56 valence electrons. The summed E-state index contributed by atoms with van der Waals surface area (Å²) in [6.45, 7) is 4.90. The average Bonchev–Trinajstić information content (AvgIpc) is 1.84. The molecule has 0 radical (unpaired) electrons. The first-order valence-electron chi connectivity index (χ1n) is 2.88. The van der Waals surface area contributed by atoms with Crippen molar-refractivity contribution in [3.63, 3.8) is 0 Å². The maximum atomic E-state index is 5.43. The molecule has 0 N–H and O–H groups in total. The third-order valence-electron chi connectivity index (χ3n) is 0.892. The Morgan fingerprint density at radius 3 is 2.22 bits per heavy atom. The Bertz CT molecular complexity index is 73.5. The van der Waals surface area contributed by atoms with Crippen LogP contribution in [0.3, 0.4) is 0 Å². The predicted molar refractivity (Wildman–Crippen MR) is 47.6 cm³/mol. The molecule has 9 heavy (non-hydrogen) atoms. The molecular weight excluding hydrogens is 248 g/mol. The Labute approximate surface area is 73.4 Å². The van der Waals surface area contributed by atoms with Gasteiger partial charge in [-0.15, -0.1) is 0 Å². The summed E-state index contributed by atoms with van der Waals surface area (Å²) in [5.74, 6) is 0. The molecule has 0 rings (SSSR count). The summed E-state index contributed by atoms with van der Waals surface area (Å²) in [6, 6.07) is 0. The third kappa shape index (κ3) is 5.37. The van der Waals surface area contributed by atoms with E-state index in [0.717, 1.165) is 17.3 Å². The Morgan fingerprint density at radius 1 is 1.33 bits per heavy atom. The van der Waals surface area contributed by atoms with E-state index in [1.54, 1.807) is 0 Å². The second-order valence-corrected chi connectivity index (χ2v) is 3.78. The number of hydrogen-bond donors (Lipinski definition) is 0. The Hall–Kier alpha value is 0.920. The van der Waals surface area contributed by atoms with Crippen molar-refractivity contribution in [3.8, 4) is 0 Å². The number of alkyl halides is 2. The van der Waals surface area contributed by atoms with Gasteiger partial charge in [-0.2, -0.15) is 0 Å². The quantitative estimate of drug-likeness (QED) is 0.706. The molecule has 0 aliphatic carbocycles. The van der Waals surface area contributed by atoms with Gasteiger partial charge in [0.25, 0.3) is 0 Å². The molecular formula is C6H12Br2O. The first-order chi connectivity index (χ1) is 4.12. The summed E-state index contributed by atoms with van der Waals surface area (Å²) >= 11 is 6.65. The van der Waals surface area contributed by atoms with Gasteiger partial charge in [-0.1, -0.05) is 31.9 Å². The van der Waals surface area contributed by atoms with Crippen LogP contribution in [0.5, 0.6) is 0 Å². The highest BCUT2D eigenvalue weighted by molar-refractivity contribution is 9.09. The minimum atomic E-state index is -0.0201. The zero-order valence-corrected chi connectivity index (χ0v) is 8.96. The summed E-state index contributed by atoms with van der Waals surface area (Å²) in [4.78, 5) is 0. The molecule has 0 saturated heterocycles. The number of hydrogen-bond acceptors (Lipinski definition) is 1. The standard InChI is InChI=1S/C6H12Br2O/c1-6(2,5-8)9-4-3-7/h3-5H2,1-2H3. The molecule has 0 aromatic heterocycles. The van der Waals surface area contributed by atoms with Crippen molar-refractivity contribution in [2.24, 2.45) is 0 Å². The Morgan fingerprint density at radius 2 is 1.89 bits per heavy atom. The molecule has 0 aliphatic rings. The molecule has 1 nitrogen and oxygen atoms in total. The Kier molecular flexibility index (Phi) is 5.17. The van der Waals surface area contributed by atoms with Crippen molar-refractivity contribution in [1.29, 1.82) is 0 Å². The predicted octanol–water partition coefficient (Wildman–Crippen LogP) is 2.57. The van der Waals surface area contributed by atoms with Gasteiger partial charge in [0.05, 0.1) is 12.2 Å². The molecule has 0 spiro atoms. The van der Waals surface area contributed by atoms with E-state index in [2.05, 4.69) is 45.7 Å². The molecule has 0 unspecified atom stereocenters. The fraction of sp³-hybridized carbons (Fsp3) is 1.00. The van der Waals surface area contributed by atoms with Crippen molar-refractivity contribution in [1.82, 2.24) is 0 Å². The van der Waals surface area contributed by atoms with Crippen LogP contribution in [0, 0.1) is 0 Å². The van der Waals surface area contributed by atoms with Crippen LogP contribution in [0.2, 0.25) is 0 Å². The minimum absolute atomic E-state index is 0.0201. The largest absolute Gasteiger partial charge is 0.374 e. The highest BCUT2D eigenvalue weighted by Gasteiger charge is 2.14. The molecule has 0 aromatic carbocycles. The van der Waals surface area contributed by atoms with Crippen molar-refractivity contribution in [2.75, 3.05) is 17.3 Å². The van der Waals surface area contributed by atoms with E-state index in [4.69, 9.17) is 4.74 Å². The molecule has 0 heterocycles. The molecule has 0 saturated carbocycles. The van der Waals surface area contributed by atoms with E-state index in [1.165, 1.54) is 0 Å². The lowest BCUT2D eigenvalue weighted by atomic mass is 10.2. The van der Waals surface area contributed by atoms with Crippen LogP contribution >= 0.6 is 31.9 Å². The monoisotopic (exact) mass is 258 g/mol. The molecule has 0 amide bonds. The topological polar surface area (TPSA) is 9.23 Å². The second-order valence-electron chi connectivity index (χ2n) is 2.43. The van der Waals surface area contributed by atoms with Gasteiger partial charge in [-0.05, 0) is 13.8 Å². The second kappa shape index (κ2) is 4.69. The summed E-state index contributed by atoms with van der Waals surface area (Å²) in [7, 11) is 0. The molecule has 0 fully saturated rings. The van der Waals surface area contributed by atoms with Crippen molar-refractivity contribution in [3.05, 3.63) is 0 Å². The van der Waals surface area contributed by atoms with E-state index in [0.29, 0.717) is 0 Å². The van der Waals surface area contributed by atoms with Crippen LogP contribution in [-0.4, -0.2) is 22.9 Å². The van der Waals surface area contributed by atoms with Crippen LogP contribution in [0.15, 0.2) is 0 Å². The fourth-order valence-corrected chi connectivity index (χ4v) is 0.677. The van der Waals surface area contributed by atoms with Gasteiger partial charge in [0, 0.05) is 10.7 Å². The maximum absolute atomic E-state index is 5.43. The van der Waals surface area contributed by atoms with Gasteiger partial charge in [0.2, 0.25) is 0 Å². The number of ether oxygens (including phenoxy) is 1. The molecule has 0 atom stereocenters. The van der Waals surface area contributed by atoms with Crippen molar-refractivity contribution < 1.29 is 4.74 Å². The van der Waals surface area contributed by atoms with Gasteiger partial charge in [-0.3, -0.25) is 0 Å². The van der Waals surface area contributed by atoms with E-state index >= 15 is 0 Å². The van der Waals surface area contributed by atoms with Crippen LogP contribution in [0.1, 0.15) is 13.8 Å². The molecule has 3 heteroatoms. The fourth-order valence-electron chi connectivity index (χ4n) is 0.353. The van der Waals surface area contributed by atoms with E-state index < -0.39 is 0 Å². The van der Waals surface area contributed by atoms with E-state index in [9.17, 15) is 0 Å². The lowest BCUT2D eigenvalue weighted by Gasteiger charge is -2.21. The summed E-state index contributed by atoms with van der Waals surface area (Å²) < 4.78 is 5.43. The van der Waals surface area contributed by atoms with Gasteiger partial charge in [0.1, 0.15) is 0 Å². The zero-order chi connectivity index (χ0) is 7.33. The summed E-state index contributed by atoms with van der Waals surface area (Å²) in [5, 5.41) is 1.79. The highest BCUT2D eigenvalue weighted by atomic mass is 79.9. The van der Waals surface area contributed by atoms with E-state index in [1.807, 2.05) is 0 Å². The SMILES string of the molecule is CC(C)(CBr)OCCBr. The first-order valence-corrected chi connectivity index (χ1v) is 5.12. The Balaban J connectivity index is 3.33. The summed E-state index contributed by atoms with van der Waals surface area (Å²) in [6.07, 6.45) is 0. The third-order valence-corrected chi connectivity index (χ3v) is 2.57. The van der Waals surface area contributed by atoms with Gasteiger partial charge in [0.15, 0.2) is 0 Å². The van der Waals surface area contributed by atoms with Crippen LogP contribution in [0.25, 0.3) is 0 Å². The van der Waals surface area contributed by atoms with Crippen LogP contribution in [-0.2, 0) is 4.74 Å². The number of rotatable bonds is 4. The minimum Gasteiger partial charge on any atom is -0.374 e. The smallest absolute Gasteiger partial charge is 0.0723 e. The maximum Gasteiger partial charge on any atom is 0.0723 e. The van der Waals surface area contributed by atoms with Crippen LogP contribution in [0.4, 0.5) is 0 Å². The van der Waals surface area contributed by atoms with E-state index in [-0.39, 0.29) is 5.60 Å². The van der Waals surface area contributed by atoms with Crippen molar-refractivity contribution in [2.45, 2.75) is 19.4 Å². The lowest BCUT2D eigenvalue weighted by molar-refractivity contribution is 0.0122.